The van der Waals surface area contributed by atoms with Gasteiger partial charge in [0.15, 0.2) is 18.1 Å². The van der Waals surface area contributed by atoms with Gasteiger partial charge in [0.1, 0.15) is 17.2 Å². The lowest BCUT2D eigenvalue weighted by molar-refractivity contribution is -0.145. The number of nitrogens with one attached hydrogen (secondary N) is 1. The van der Waals surface area contributed by atoms with Crippen molar-refractivity contribution in [3.05, 3.63) is 54.2 Å². The zero-order valence-corrected chi connectivity index (χ0v) is 24.3. The van der Waals surface area contributed by atoms with E-state index in [1.54, 1.807) is 91.8 Å². The number of thioether (sulfide) groups is 1. The van der Waals surface area contributed by atoms with E-state index in [4.69, 9.17) is 18.9 Å². The van der Waals surface area contributed by atoms with Crippen molar-refractivity contribution in [2.45, 2.75) is 82.4 Å². The molecule has 2 rings (SSSR count). The summed E-state index contributed by atoms with van der Waals surface area (Å²) in [6, 6.07) is 10.3. The second kappa shape index (κ2) is 13.0. The summed E-state index contributed by atoms with van der Waals surface area (Å²) in [4.78, 5) is 54.4. The molecule has 1 N–H and O–H groups in total. The maximum atomic E-state index is 13.2. The van der Waals surface area contributed by atoms with Crippen molar-refractivity contribution in [3.8, 4) is 5.75 Å². The smallest absolute Gasteiger partial charge is 0.456 e. The van der Waals surface area contributed by atoms with Gasteiger partial charge in [-0.2, -0.15) is 0 Å². The van der Waals surface area contributed by atoms with Crippen LogP contribution in [-0.4, -0.2) is 57.6 Å². The molecule has 11 heteroatoms. The zero-order chi connectivity index (χ0) is 29.4. The van der Waals surface area contributed by atoms with Crippen molar-refractivity contribution in [2.75, 3.05) is 6.61 Å². The largest absolute Gasteiger partial charge is 0.514 e. The number of amides is 1. The standard InChI is InChI=1S/C28H36N2O8S/c1-26(2,3)37-24(33)30-22(23(32)35-17-20(31)18-12-10-9-11-13-18)28(7,8)39-21-15-14-19(16-29-21)36-25(34)38-27(4,5)6/h9-16,22H,17H2,1-8H3,(H,30,33)/t22-/m1/s1. The normalized spacial score (nSPS) is 12.6. The number of hydrogen-bond acceptors (Lipinski definition) is 10. The zero-order valence-electron chi connectivity index (χ0n) is 23.5. The van der Waals surface area contributed by atoms with Crippen LogP contribution >= 0.6 is 11.8 Å². The first-order valence-electron chi connectivity index (χ1n) is 12.3. The molecular formula is C28H36N2O8S. The van der Waals surface area contributed by atoms with Crippen molar-refractivity contribution in [1.82, 2.24) is 10.3 Å². The van der Waals surface area contributed by atoms with Gasteiger partial charge < -0.3 is 24.3 Å². The molecule has 0 aliphatic rings. The Morgan fingerprint density at radius 2 is 1.49 bits per heavy atom. The average Bonchev–Trinajstić information content (AvgIpc) is 2.80. The Labute approximate surface area is 233 Å². The SMILES string of the molecule is CC(C)(C)OC(=O)N[C@H](C(=O)OCC(=O)c1ccccc1)C(C)(C)Sc1ccc(OC(=O)OC(C)(C)C)cn1. The number of ether oxygens (including phenoxy) is 4. The Hall–Kier alpha value is -3.60. The Kier molecular flexibility index (Phi) is 10.5. The van der Waals surface area contributed by atoms with E-state index >= 15 is 0 Å². The molecule has 2 aromatic rings. The number of aromatic nitrogens is 1. The number of rotatable bonds is 9. The van der Waals surface area contributed by atoms with Gasteiger partial charge in [-0.25, -0.2) is 19.4 Å². The summed E-state index contributed by atoms with van der Waals surface area (Å²) in [6.07, 6.45) is -0.337. The predicted molar refractivity (Wildman–Crippen MR) is 146 cm³/mol. The third kappa shape index (κ3) is 11.4. The molecule has 0 unspecified atom stereocenters. The monoisotopic (exact) mass is 560 g/mol. The van der Waals surface area contributed by atoms with E-state index < -0.39 is 46.8 Å². The quantitative estimate of drug-likeness (QED) is 0.179. The highest BCUT2D eigenvalue weighted by Crippen LogP contribution is 2.35. The molecule has 10 nitrogen and oxygen atoms in total. The van der Waals surface area contributed by atoms with Crippen LogP contribution in [0.4, 0.5) is 9.59 Å². The molecule has 1 atom stereocenters. The van der Waals surface area contributed by atoms with Crippen LogP contribution in [0.25, 0.3) is 0 Å². The van der Waals surface area contributed by atoms with Gasteiger partial charge in [-0.15, -0.1) is 0 Å². The number of esters is 1. The van der Waals surface area contributed by atoms with Crippen LogP contribution in [0.5, 0.6) is 5.75 Å². The molecule has 0 saturated carbocycles. The van der Waals surface area contributed by atoms with Gasteiger partial charge in [0, 0.05) is 10.3 Å². The summed E-state index contributed by atoms with van der Waals surface area (Å²) in [5.74, 6) is -1.02. The van der Waals surface area contributed by atoms with Crippen LogP contribution in [0.2, 0.25) is 0 Å². The maximum Gasteiger partial charge on any atom is 0.514 e. The molecule has 0 saturated heterocycles. The van der Waals surface area contributed by atoms with E-state index in [1.165, 1.54) is 24.0 Å². The van der Waals surface area contributed by atoms with Crippen molar-refractivity contribution in [3.63, 3.8) is 0 Å². The fourth-order valence-electron chi connectivity index (χ4n) is 3.05. The molecule has 212 valence electrons. The van der Waals surface area contributed by atoms with Gasteiger partial charge in [-0.05, 0) is 67.5 Å². The minimum absolute atomic E-state index is 0.175. The number of Topliss-reactive ketones (excluding diaryl/α,β-unsaturated/α-hetero) is 1. The van der Waals surface area contributed by atoms with Gasteiger partial charge in [0.25, 0.3) is 0 Å². The Bertz CT molecular complexity index is 1150. The average molecular weight is 561 g/mol. The van der Waals surface area contributed by atoms with Crippen LogP contribution < -0.4 is 10.1 Å². The maximum absolute atomic E-state index is 13.2. The Morgan fingerprint density at radius 1 is 0.872 bits per heavy atom. The Morgan fingerprint density at radius 3 is 2.03 bits per heavy atom. The number of carbonyl (C=O) groups excluding carboxylic acids is 4. The summed E-state index contributed by atoms with van der Waals surface area (Å²) >= 11 is 1.17. The highest BCUT2D eigenvalue weighted by Gasteiger charge is 2.40. The summed E-state index contributed by atoms with van der Waals surface area (Å²) in [6.45, 7) is 13.2. The van der Waals surface area contributed by atoms with Crippen molar-refractivity contribution in [2.24, 2.45) is 0 Å². The highest BCUT2D eigenvalue weighted by atomic mass is 32.2. The molecule has 0 aliphatic heterocycles. The highest BCUT2D eigenvalue weighted by molar-refractivity contribution is 8.00. The van der Waals surface area contributed by atoms with E-state index in [-0.39, 0.29) is 11.5 Å². The minimum atomic E-state index is -1.21. The number of pyridine rings is 1. The number of benzene rings is 1. The number of ketones is 1. The molecule has 0 bridgehead atoms. The lowest BCUT2D eigenvalue weighted by Crippen LogP contribution is -2.54. The van der Waals surface area contributed by atoms with Gasteiger partial charge >= 0.3 is 18.2 Å². The molecular weight excluding hydrogens is 524 g/mol. The number of hydrogen-bond donors (Lipinski definition) is 1. The first kappa shape index (κ1) is 31.6. The third-order valence-electron chi connectivity index (χ3n) is 4.70. The lowest BCUT2D eigenvalue weighted by Gasteiger charge is -2.33. The summed E-state index contributed by atoms with van der Waals surface area (Å²) in [5, 5.41) is 3.05. The lowest BCUT2D eigenvalue weighted by atomic mass is 10.0. The van der Waals surface area contributed by atoms with Crippen LogP contribution in [-0.2, 0) is 19.0 Å². The van der Waals surface area contributed by atoms with Gasteiger partial charge in [0.05, 0.1) is 11.2 Å². The van der Waals surface area contributed by atoms with Crippen molar-refractivity contribution >= 4 is 35.8 Å². The number of alkyl carbamates (subject to hydrolysis) is 1. The second-order valence-corrected chi connectivity index (χ2v) is 12.8. The van der Waals surface area contributed by atoms with E-state index in [0.717, 1.165) is 0 Å². The van der Waals surface area contributed by atoms with E-state index in [9.17, 15) is 19.2 Å². The van der Waals surface area contributed by atoms with Gasteiger partial charge in [0.2, 0.25) is 0 Å². The fourth-order valence-corrected chi connectivity index (χ4v) is 4.11. The van der Waals surface area contributed by atoms with E-state index in [1.807, 2.05) is 0 Å². The van der Waals surface area contributed by atoms with Crippen LogP contribution in [0, 0.1) is 0 Å². The number of nitrogens with zero attached hydrogens (tertiary/aromatic N) is 1. The molecule has 1 aromatic carbocycles. The first-order chi connectivity index (χ1) is 17.9. The van der Waals surface area contributed by atoms with Crippen molar-refractivity contribution in [1.29, 1.82) is 0 Å². The van der Waals surface area contributed by atoms with Crippen LogP contribution in [0.3, 0.4) is 0 Å². The molecule has 1 amide bonds. The van der Waals surface area contributed by atoms with Crippen LogP contribution in [0.15, 0.2) is 53.7 Å². The molecule has 0 aliphatic carbocycles. The topological polar surface area (TPSA) is 130 Å². The molecule has 1 heterocycles. The third-order valence-corrected chi connectivity index (χ3v) is 5.91. The van der Waals surface area contributed by atoms with Gasteiger partial charge in [-0.1, -0.05) is 42.1 Å². The first-order valence-corrected chi connectivity index (χ1v) is 13.1. The van der Waals surface area contributed by atoms with Crippen LogP contribution in [0.1, 0.15) is 65.7 Å². The molecule has 0 fully saturated rings. The number of carbonyl (C=O) groups is 4. The molecule has 39 heavy (non-hydrogen) atoms. The van der Waals surface area contributed by atoms with E-state index in [0.29, 0.717) is 10.6 Å². The summed E-state index contributed by atoms with van der Waals surface area (Å²) < 4.78 is 19.9. The Balaban J connectivity index is 2.16. The second-order valence-electron chi connectivity index (χ2n) is 11.1. The fraction of sp³-hybridized carbons (Fsp3) is 0.464. The van der Waals surface area contributed by atoms with Crippen molar-refractivity contribution < 1.29 is 38.1 Å². The molecule has 0 radical (unpaired) electrons. The molecule has 0 spiro atoms. The summed E-state index contributed by atoms with van der Waals surface area (Å²) in [5.41, 5.74) is -1.11. The predicted octanol–water partition coefficient (Wildman–Crippen LogP) is 5.59. The molecule has 1 aromatic heterocycles. The van der Waals surface area contributed by atoms with Gasteiger partial charge in [-0.3, -0.25) is 4.79 Å². The van der Waals surface area contributed by atoms with E-state index in [2.05, 4.69) is 10.3 Å². The minimum Gasteiger partial charge on any atom is -0.456 e. The summed E-state index contributed by atoms with van der Waals surface area (Å²) in [7, 11) is 0.